The molecule has 1 N–H and O–H groups in total. The number of anilines is 1. The fraction of sp³-hybridized carbons (Fsp3) is 0.368. The van der Waals surface area contributed by atoms with Gasteiger partial charge in [-0.2, -0.15) is 0 Å². The van der Waals surface area contributed by atoms with E-state index in [1.54, 1.807) is 0 Å². The third-order valence-electron chi connectivity index (χ3n) is 4.58. The van der Waals surface area contributed by atoms with Crippen LogP contribution in [0.25, 0.3) is 23.0 Å². The molecule has 1 aliphatic heterocycles. The van der Waals surface area contributed by atoms with E-state index in [1.807, 2.05) is 32.3 Å². The molecule has 4 rings (SSSR count). The first-order chi connectivity index (χ1) is 12.7. The molecule has 1 aromatic carbocycles. The molecule has 3 heterocycles. The van der Waals surface area contributed by atoms with E-state index < -0.39 is 0 Å². The Morgan fingerprint density at radius 2 is 1.85 bits per heavy atom. The number of benzene rings is 1. The molecule has 7 heteroatoms. The molecule has 0 aliphatic carbocycles. The first-order valence-electron chi connectivity index (χ1n) is 8.91. The number of hydrogen-bond acceptors (Lipinski definition) is 7. The summed E-state index contributed by atoms with van der Waals surface area (Å²) in [5.74, 6) is 1.77. The highest BCUT2D eigenvalue weighted by molar-refractivity contribution is 5.58. The van der Waals surface area contributed by atoms with Gasteiger partial charge in [0.25, 0.3) is 5.89 Å². The second-order valence-corrected chi connectivity index (χ2v) is 6.50. The van der Waals surface area contributed by atoms with Gasteiger partial charge in [-0.3, -0.25) is 4.98 Å². The van der Waals surface area contributed by atoms with Crippen LogP contribution < -0.4 is 10.2 Å². The summed E-state index contributed by atoms with van der Waals surface area (Å²) < 4.78 is 5.90. The fourth-order valence-electron chi connectivity index (χ4n) is 3.15. The van der Waals surface area contributed by atoms with Crippen molar-refractivity contribution >= 4 is 5.82 Å². The third kappa shape index (κ3) is 3.30. The van der Waals surface area contributed by atoms with E-state index in [0.29, 0.717) is 17.5 Å². The van der Waals surface area contributed by atoms with Crippen LogP contribution in [0, 0.1) is 6.92 Å². The summed E-state index contributed by atoms with van der Waals surface area (Å²) in [6.07, 6.45) is 4.21. The van der Waals surface area contributed by atoms with Gasteiger partial charge in [0.2, 0.25) is 5.89 Å². The lowest BCUT2D eigenvalue weighted by molar-refractivity contribution is 0.581. The smallest absolute Gasteiger partial charge is 0.268 e. The maximum atomic E-state index is 5.90. The first-order valence-corrected chi connectivity index (χ1v) is 8.91. The van der Waals surface area contributed by atoms with Crippen molar-refractivity contribution in [2.24, 2.45) is 0 Å². The molecular weight excluding hydrogens is 328 g/mol. The van der Waals surface area contributed by atoms with Crippen molar-refractivity contribution in [3.63, 3.8) is 0 Å². The van der Waals surface area contributed by atoms with E-state index >= 15 is 0 Å². The van der Waals surface area contributed by atoms with Crippen molar-refractivity contribution < 1.29 is 5.84 Å². The van der Waals surface area contributed by atoms with Crippen LogP contribution in [-0.2, 0) is 6.54 Å². The van der Waals surface area contributed by atoms with Crippen molar-refractivity contribution in [2.75, 3.05) is 25.0 Å². The van der Waals surface area contributed by atoms with Gasteiger partial charge in [0.15, 0.2) is 5.69 Å². The Hall–Kier alpha value is -2.80. The minimum absolute atomic E-state index is 0. The van der Waals surface area contributed by atoms with Gasteiger partial charge in [-0.15, -0.1) is 10.2 Å². The summed E-state index contributed by atoms with van der Waals surface area (Å²) in [5.41, 5.74) is 3.54. The summed E-state index contributed by atoms with van der Waals surface area (Å²) in [7, 11) is 1.93. The molecule has 0 atom stereocenters. The highest BCUT2D eigenvalue weighted by Gasteiger charge is 2.19. The molecule has 26 heavy (non-hydrogen) atoms. The second-order valence-electron chi connectivity index (χ2n) is 6.50. The Labute approximate surface area is 154 Å². The summed E-state index contributed by atoms with van der Waals surface area (Å²) >= 11 is 0. The number of rotatable bonds is 5. The van der Waals surface area contributed by atoms with Crippen molar-refractivity contribution in [3.05, 3.63) is 41.7 Å². The lowest BCUT2D eigenvalue weighted by Crippen LogP contribution is -2.19. The molecule has 1 fully saturated rings. The van der Waals surface area contributed by atoms with Gasteiger partial charge in [-0.25, -0.2) is 4.98 Å². The number of aromatic nitrogens is 4. The predicted octanol–water partition coefficient (Wildman–Crippen LogP) is 3.07. The Kier molecular flexibility index (Phi) is 4.62. The van der Waals surface area contributed by atoms with Crippen LogP contribution in [0.1, 0.15) is 25.5 Å². The zero-order valence-corrected chi connectivity index (χ0v) is 15.1. The Balaban J connectivity index is 0.00000210. The van der Waals surface area contributed by atoms with Crippen LogP contribution in [0.15, 0.2) is 34.9 Å². The molecular formula is C19H24N6O. The number of hydrogen-bond donors (Lipinski definition) is 1. The average Bonchev–Trinajstić information content (AvgIpc) is 3.35. The minimum atomic E-state index is 0. The van der Waals surface area contributed by atoms with Gasteiger partial charge in [0.1, 0.15) is 5.82 Å². The Morgan fingerprint density at radius 1 is 1.12 bits per heavy atom. The average molecular weight is 352 g/mol. The molecule has 0 amide bonds. The lowest BCUT2D eigenvalue weighted by Gasteiger charge is -2.16. The largest absolute Gasteiger partial charge is 0.415 e. The maximum Gasteiger partial charge on any atom is 0.268 e. The van der Waals surface area contributed by atoms with Crippen molar-refractivity contribution in [1.82, 2.24) is 25.5 Å². The van der Waals surface area contributed by atoms with E-state index in [2.05, 4.69) is 37.5 Å². The summed E-state index contributed by atoms with van der Waals surface area (Å²) in [4.78, 5) is 11.4. The van der Waals surface area contributed by atoms with Crippen molar-refractivity contribution in [2.45, 2.75) is 26.3 Å². The van der Waals surface area contributed by atoms with Crippen LogP contribution in [0.3, 0.4) is 0 Å². The topological polar surface area (TPSA) is 80.0 Å². The first kappa shape index (κ1) is 16.7. The molecule has 1 saturated heterocycles. The molecule has 0 unspecified atom stereocenters. The maximum absolute atomic E-state index is 5.90. The molecule has 7 nitrogen and oxygen atoms in total. The molecule has 136 valence electrons. The minimum Gasteiger partial charge on any atom is -0.415 e. The van der Waals surface area contributed by atoms with E-state index in [4.69, 9.17) is 9.40 Å². The van der Waals surface area contributed by atoms with Gasteiger partial charge in [0, 0.05) is 26.6 Å². The van der Waals surface area contributed by atoms with Gasteiger partial charge in [-0.1, -0.05) is 12.1 Å². The molecule has 0 radical (unpaired) electrons. The zero-order chi connectivity index (χ0) is 17.9. The third-order valence-corrected chi connectivity index (χ3v) is 4.58. The summed E-state index contributed by atoms with van der Waals surface area (Å²) in [6, 6.07) is 8.08. The molecule has 3 aromatic rings. The molecule has 1 aliphatic rings. The highest BCUT2D eigenvalue weighted by atomic mass is 16.4. The summed E-state index contributed by atoms with van der Waals surface area (Å²) in [6.45, 7) is 4.77. The highest BCUT2D eigenvalue weighted by Crippen LogP contribution is 2.27. The summed E-state index contributed by atoms with van der Waals surface area (Å²) in [5, 5.41) is 11.5. The van der Waals surface area contributed by atoms with E-state index in [1.165, 1.54) is 18.4 Å². The van der Waals surface area contributed by atoms with Crippen LogP contribution in [0.2, 0.25) is 0 Å². The quantitative estimate of drug-likeness (QED) is 0.756. The van der Waals surface area contributed by atoms with Crippen LogP contribution in [-0.4, -0.2) is 40.3 Å². The number of aryl methyl sites for hydroxylation is 1. The molecule has 0 saturated carbocycles. The van der Waals surface area contributed by atoms with E-state index in [0.717, 1.165) is 36.7 Å². The number of nitrogens with zero attached hydrogens (tertiary/aromatic N) is 5. The molecule has 0 bridgehead atoms. The van der Waals surface area contributed by atoms with E-state index in [-0.39, 0.29) is 1.43 Å². The van der Waals surface area contributed by atoms with Gasteiger partial charge >= 0.3 is 0 Å². The van der Waals surface area contributed by atoms with E-state index in [9.17, 15) is 0 Å². The fourth-order valence-corrected chi connectivity index (χ4v) is 3.15. The lowest BCUT2D eigenvalue weighted by atomic mass is 10.1. The van der Waals surface area contributed by atoms with Crippen LogP contribution in [0.4, 0.5) is 5.82 Å². The SMILES string of the molecule is CNCc1ccc(-c2nnc(-c3nc(N4CCCC4)cnc3C)o2)cc1.[HH]. The Morgan fingerprint density at radius 3 is 2.58 bits per heavy atom. The van der Waals surface area contributed by atoms with Crippen LogP contribution in [0.5, 0.6) is 0 Å². The van der Waals surface area contributed by atoms with Crippen LogP contribution >= 0.6 is 0 Å². The molecule has 2 aromatic heterocycles. The van der Waals surface area contributed by atoms with Gasteiger partial charge in [-0.05, 0) is 44.5 Å². The predicted molar refractivity (Wildman–Crippen MR) is 102 cm³/mol. The standard InChI is InChI=1S/C19H22N6O.H2/c1-13-17(22-16(12-21-13)25-9-3-4-10-25)19-24-23-18(26-19)15-7-5-14(6-8-15)11-20-2;/h5-8,12,20H,3-4,9-11H2,1-2H3;1H. The van der Waals surface area contributed by atoms with Crippen molar-refractivity contribution in [3.8, 4) is 23.0 Å². The van der Waals surface area contributed by atoms with Crippen molar-refractivity contribution in [1.29, 1.82) is 0 Å². The number of nitrogens with one attached hydrogen (secondary N) is 1. The molecule has 0 spiro atoms. The van der Waals surface area contributed by atoms with Gasteiger partial charge in [0.05, 0.1) is 11.9 Å². The Bertz CT molecular complexity index is 889. The second kappa shape index (κ2) is 7.21. The monoisotopic (exact) mass is 352 g/mol. The van der Waals surface area contributed by atoms with Gasteiger partial charge < -0.3 is 14.6 Å². The normalized spacial score (nSPS) is 14.2. The zero-order valence-electron chi connectivity index (χ0n) is 15.1.